The molecule has 1 aromatic carbocycles. The smallest absolute Gasteiger partial charge is 0.0494 e. The van der Waals surface area contributed by atoms with Gasteiger partial charge < -0.3 is 4.57 Å². The second kappa shape index (κ2) is 8.77. The minimum atomic E-state index is 0.565. The first-order valence-electron chi connectivity index (χ1n) is 8.98. The monoisotopic (exact) mass is 410 g/mol. The van der Waals surface area contributed by atoms with Crippen LogP contribution in [0.15, 0.2) is 28.9 Å². The van der Waals surface area contributed by atoms with E-state index in [1.54, 1.807) is 0 Å². The van der Waals surface area contributed by atoms with Gasteiger partial charge in [-0.3, -0.25) is 0 Å². The Kier molecular flexibility index (Phi) is 7.26. The Morgan fingerprint density at radius 2 is 1.83 bits per heavy atom. The molecule has 0 saturated heterocycles. The zero-order valence-corrected chi connectivity index (χ0v) is 18.2. The predicted molar refractivity (Wildman–Crippen MR) is 113 cm³/mol. The lowest BCUT2D eigenvalue weighted by Crippen LogP contribution is -2.27. The molecule has 2 aromatic rings. The van der Waals surface area contributed by atoms with E-state index in [2.05, 4.69) is 90.7 Å². The van der Waals surface area contributed by atoms with Crippen LogP contribution in [0.25, 0.3) is 10.9 Å². The summed E-state index contributed by atoms with van der Waals surface area (Å²) in [5.74, 6) is 0.649. The lowest BCUT2D eigenvalue weighted by Gasteiger charge is -2.26. The van der Waals surface area contributed by atoms with E-state index in [-0.39, 0.29) is 0 Å². The number of halogens is 1. The molecule has 0 amide bonds. The summed E-state index contributed by atoms with van der Waals surface area (Å²) in [4.78, 5) is 0. The second-order valence-corrected chi connectivity index (χ2v) is 10.0. The molecule has 134 valence electrons. The fourth-order valence-corrected chi connectivity index (χ4v) is 4.35. The highest BCUT2D eigenvalue weighted by atomic mass is 79.9. The first-order valence-corrected chi connectivity index (χ1v) is 10.6. The van der Waals surface area contributed by atoms with Gasteiger partial charge in [0.25, 0.3) is 0 Å². The third-order valence-electron chi connectivity index (χ3n) is 4.01. The van der Waals surface area contributed by atoms with E-state index in [9.17, 15) is 0 Å². The third-order valence-corrected chi connectivity index (χ3v) is 5.80. The Morgan fingerprint density at radius 3 is 2.42 bits per heavy atom. The molecule has 0 spiro atoms. The Morgan fingerprint density at radius 1 is 1.12 bits per heavy atom. The molecule has 0 N–H and O–H groups in total. The van der Waals surface area contributed by atoms with Crippen LogP contribution in [0.5, 0.6) is 0 Å². The fourth-order valence-electron chi connectivity index (χ4n) is 3.02. The van der Waals surface area contributed by atoms with Crippen molar-refractivity contribution in [1.29, 1.82) is 0 Å². The van der Waals surface area contributed by atoms with E-state index in [1.165, 1.54) is 16.5 Å². The SMILES string of the molecule is CC(C)Cn1cc(CCN(SC(C)C)C(C)C)c2ccc(Br)cc21. The van der Waals surface area contributed by atoms with Gasteiger partial charge in [0.15, 0.2) is 0 Å². The number of rotatable bonds is 8. The van der Waals surface area contributed by atoms with Crippen LogP contribution >= 0.6 is 27.9 Å². The first-order chi connectivity index (χ1) is 11.3. The van der Waals surface area contributed by atoms with Gasteiger partial charge in [-0.1, -0.05) is 61.6 Å². The molecule has 1 aromatic heterocycles. The number of hydrogen-bond acceptors (Lipinski definition) is 2. The summed E-state index contributed by atoms with van der Waals surface area (Å²) in [6.45, 7) is 15.8. The summed E-state index contributed by atoms with van der Waals surface area (Å²) in [7, 11) is 0. The molecule has 0 saturated carbocycles. The average Bonchev–Trinajstić information content (AvgIpc) is 2.79. The highest BCUT2D eigenvalue weighted by Crippen LogP contribution is 2.28. The average molecular weight is 411 g/mol. The molecule has 0 aliphatic carbocycles. The van der Waals surface area contributed by atoms with Crippen LogP contribution in [0, 0.1) is 5.92 Å². The minimum Gasteiger partial charge on any atom is -0.347 e. The number of nitrogens with zero attached hydrogens (tertiary/aromatic N) is 2. The standard InChI is InChI=1S/C20H31BrN2S/c1-14(2)12-22-13-17(19-8-7-18(21)11-20(19)22)9-10-23(15(3)4)24-16(5)6/h7-8,11,13-16H,9-10,12H2,1-6H3. The summed E-state index contributed by atoms with van der Waals surface area (Å²) in [6, 6.07) is 7.25. The summed E-state index contributed by atoms with van der Waals surface area (Å²) >= 11 is 5.60. The van der Waals surface area contributed by atoms with E-state index >= 15 is 0 Å². The molecule has 0 aliphatic rings. The predicted octanol–water partition coefficient (Wildman–Crippen LogP) is 6.37. The molecule has 0 aliphatic heterocycles. The van der Waals surface area contributed by atoms with Crippen molar-refractivity contribution >= 4 is 38.8 Å². The maximum absolute atomic E-state index is 3.63. The highest BCUT2D eigenvalue weighted by Gasteiger charge is 2.15. The first kappa shape index (κ1) is 19.9. The van der Waals surface area contributed by atoms with Crippen molar-refractivity contribution in [2.45, 2.75) is 65.8 Å². The molecule has 0 atom stereocenters. The molecule has 4 heteroatoms. The summed E-state index contributed by atoms with van der Waals surface area (Å²) < 4.78 is 6.11. The summed E-state index contributed by atoms with van der Waals surface area (Å²) in [5.41, 5.74) is 2.81. The zero-order chi connectivity index (χ0) is 17.9. The van der Waals surface area contributed by atoms with Gasteiger partial charge in [-0.05, 0) is 43.9 Å². The van der Waals surface area contributed by atoms with Crippen LogP contribution in [0.4, 0.5) is 0 Å². The van der Waals surface area contributed by atoms with Crippen LogP contribution in [0.1, 0.15) is 47.1 Å². The quantitative estimate of drug-likeness (QED) is 0.467. The molecular weight excluding hydrogens is 380 g/mol. The molecular formula is C20H31BrN2S. The van der Waals surface area contributed by atoms with E-state index < -0.39 is 0 Å². The van der Waals surface area contributed by atoms with Crippen molar-refractivity contribution in [2.24, 2.45) is 5.92 Å². The van der Waals surface area contributed by atoms with Crippen molar-refractivity contribution in [2.75, 3.05) is 6.54 Å². The fraction of sp³-hybridized carbons (Fsp3) is 0.600. The lowest BCUT2D eigenvalue weighted by molar-refractivity contribution is 0.398. The molecule has 0 fully saturated rings. The summed E-state index contributed by atoms with van der Waals surface area (Å²) in [6.07, 6.45) is 3.47. The van der Waals surface area contributed by atoms with E-state index in [0.717, 1.165) is 24.0 Å². The maximum Gasteiger partial charge on any atom is 0.0494 e. The van der Waals surface area contributed by atoms with Gasteiger partial charge in [0.1, 0.15) is 0 Å². The van der Waals surface area contributed by atoms with Gasteiger partial charge in [0, 0.05) is 46.0 Å². The zero-order valence-electron chi connectivity index (χ0n) is 15.8. The molecule has 0 radical (unpaired) electrons. The lowest BCUT2D eigenvalue weighted by atomic mass is 10.1. The molecule has 0 unspecified atom stereocenters. The van der Waals surface area contributed by atoms with Gasteiger partial charge >= 0.3 is 0 Å². The topological polar surface area (TPSA) is 8.17 Å². The maximum atomic E-state index is 3.63. The van der Waals surface area contributed by atoms with Crippen LogP contribution in [0.2, 0.25) is 0 Å². The van der Waals surface area contributed by atoms with Crippen molar-refractivity contribution in [3.8, 4) is 0 Å². The van der Waals surface area contributed by atoms with Gasteiger partial charge in [-0.15, -0.1) is 0 Å². The van der Waals surface area contributed by atoms with Gasteiger partial charge in [-0.25, -0.2) is 4.31 Å². The van der Waals surface area contributed by atoms with Crippen molar-refractivity contribution in [1.82, 2.24) is 8.87 Å². The number of aromatic nitrogens is 1. The van der Waals surface area contributed by atoms with Crippen LogP contribution in [-0.2, 0) is 13.0 Å². The Balaban J connectivity index is 2.25. The van der Waals surface area contributed by atoms with Gasteiger partial charge in [0.05, 0.1) is 0 Å². The molecule has 2 nitrogen and oxygen atoms in total. The van der Waals surface area contributed by atoms with Crippen LogP contribution in [0.3, 0.4) is 0 Å². The molecule has 0 bridgehead atoms. The van der Waals surface area contributed by atoms with E-state index in [1.807, 2.05) is 11.9 Å². The Labute approximate surface area is 160 Å². The third kappa shape index (κ3) is 5.27. The molecule has 1 heterocycles. The Hall–Kier alpha value is -0.450. The van der Waals surface area contributed by atoms with Crippen molar-refractivity contribution in [3.63, 3.8) is 0 Å². The van der Waals surface area contributed by atoms with Crippen LogP contribution < -0.4 is 0 Å². The van der Waals surface area contributed by atoms with Crippen LogP contribution in [-0.4, -0.2) is 26.7 Å². The largest absolute Gasteiger partial charge is 0.347 e. The minimum absolute atomic E-state index is 0.565. The number of fused-ring (bicyclic) bond motifs is 1. The number of hydrogen-bond donors (Lipinski definition) is 0. The van der Waals surface area contributed by atoms with Gasteiger partial charge in [-0.2, -0.15) is 0 Å². The summed E-state index contributed by atoms with van der Waals surface area (Å²) in [5, 5.41) is 2.03. The van der Waals surface area contributed by atoms with Gasteiger partial charge in [0.2, 0.25) is 0 Å². The normalized spacial score (nSPS) is 12.5. The van der Waals surface area contributed by atoms with E-state index in [4.69, 9.17) is 0 Å². The van der Waals surface area contributed by atoms with E-state index in [0.29, 0.717) is 17.2 Å². The Bertz CT molecular complexity index is 661. The highest BCUT2D eigenvalue weighted by molar-refractivity contribution is 9.10. The second-order valence-electron chi connectivity index (χ2n) is 7.50. The molecule has 2 rings (SSSR count). The molecule has 24 heavy (non-hydrogen) atoms. The van der Waals surface area contributed by atoms with Crippen molar-refractivity contribution in [3.05, 3.63) is 34.4 Å². The number of benzene rings is 1. The van der Waals surface area contributed by atoms with Crippen molar-refractivity contribution < 1.29 is 0 Å².